The summed E-state index contributed by atoms with van der Waals surface area (Å²) in [5.74, 6) is 0.820. The van der Waals surface area contributed by atoms with Gasteiger partial charge in [-0.05, 0) is 44.3 Å². The monoisotopic (exact) mass is 342 g/mol. The third kappa shape index (κ3) is 4.71. The predicted molar refractivity (Wildman–Crippen MR) is 104 cm³/mol. The van der Waals surface area contributed by atoms with Gasteiger partial charge in [0, 0.05) is 37.5 Å². The van der Waals surface area contributed by atoms with E-state index in [9.17, 15) is 4.79 Å². The summed E-state index contributed by atoms with van der Waals surface area (Å²) < 4.78 is 0. The lowest BCUT2D eigenvalue weighted by molar-refractivity contribution is -0.127. The normalized spacial score (nSPS) is 26.8. The maximum atomic E-state index is 12.8. The second kappa shape index (κ2) is 8.95. The molecule has 2 aliphatic rings. The number of rotatable bonds is 8. The Kier molecular flexibility index (Phi) is 6.66. The van der Waals surface area contributed by atoms with Crippen LogP contribution < -0.4 is 0 Å². The number of hydrogen-bond donors (Lipinski definition) is 0. The molecule has 3 heteroatoms. The molecule has 25 heavy (non-hydrogen) atoms. The van der Waals surface area contributed by atoms with Crippen molar-refractivity contribution >= 4 is 5.78 Å². The van der Waals surface area contributed by atoms with E-state index in [0.717, 1.165) is 45.4 Å². The van der Waals surface area contributed by atoms with Crippen LogP contribution in [0.2, 0.25) is 0 Å². The summed E-state index contributed by atoms with van der Waals surface area (Å²) in [6, 6.07) is 12.0. The lowest BCUT2D eigenvalue weighted by atomic mass is 9.76. The lowest BCUT2D eigenvalue weighted by Gasteiger charge is -2.48. The minimum atomic E-state index is 0.304. The molecule has 0 aromatic heterocycles. The molecule has 0 N–H and O–H groups in total. The first-order valence-electron chi connectivity index (χ1n) is 10.3. The van der Waals surface area contributed by atoms with Crippen molar-refractivity contribution in [3.05, 3.63) is 35.9 Å². The van der Waals surface area contributed by atoms with Crippen LogP contribution in [0.4, 0.5) is 0 Å². The van der Waals surface area contributed by atoms with Gasteiger partial charge >= 0.3 is 0 Å². The van der Waals surface area contributed by atoms with E-state index < -0.39 is 0 Å². The molecule has 3 nitrogen and oxygen atoms in total. The summed E-state index contributed by atoms with van der Waals surface area (Å²) in [7, 11) is 0. The van der Waals surface area contributed by atoms with Gasteiger partial charge in [0.25, 0.3) is 0 Å². The van der Waals surface area contributed by atoms with Crippen molar-refractivity contribution in [2.45, 2.75) is 71.0 Å². The Morgan fingerprint density at radius 3 is 2.32 bits per heavy atom. The first kappa shape index (κ1) is 18.6. The predicted octanol–water partition coefficient (Wildman–Crippen LogP) is 4.12. The standard InChI is InChI=1S/C22H34N2O/c1-3-23(4-2)14-13-22(25)19-15-20-11-8-12-21(16-19)24(20)17-18-9-6-5-7-10-18/h5-7,9-10,19-21H,3-4,8,11-17H2,1-2H3. The van der Waals surface area contributed by atoms with Crippen LogP contribution in [-0.4, -0.2) is 47.3 Å². The molecular formula is C22H34N2O. The second-order valence-corrected chi connectivity index (χ2v) is 7.81. The van der Waals surface area contributed by atoms with Crippen LogP contribution in [-0.2, 0) is 11.3 Å². The van der Waals surface area contributed by atoms with E-state index in [2.05, 4.69) is 54.0 Å². The number of ketones is 1. The van der Waals surface area contributed by atoms with Gasteiger partial charge in [0.05, 0.1) is 0 Å². The van der Waals surface area contributed by atoms with Crippen LogP contribution in [0.3, 0.4) is 0 Å². The highest BCUT2D eigenvalue weighted by Gasteiger charge is 2.40. The average molecular weight is 343 g/mol. The highest BCUT2D eigenvalue weighted by molar-refractivity contribution is 5.81. The number of piperidine rings is 2. The van der Waals surface area contributed by atoms with Crippen LogP contribution in [0.5, 0.6) is 0 Å². The van der Waals surface area contributed by atoms with E-state index in [1.165, 1.54) is 24.8 Å². The third-order valence-corrected chi connectivity index (χ3v) is 6.36. The third-order valence-electron chi connectivity index (χ3n) is 6.36. The number of benzene rings is 1. The molecule has 0 radical (unpaired) electrons. The molecule has 3 rings (SSSR count). The molecule has 2 bridgehead atoms. The maximum Gasteiger partial charge on any atom is 0.137 e. The minimum absolute atomic E-state index is 0.304. The van der Waals surface area contributed by atoms with Gasteiger partial charge in [-0.25, -0.2) is 0 Å². The molecular weight excluding hydrogens is 308 g/mol. The molecule has 138 valence electrons. The van der Waals surface area contributed by atoms with Crippen molar-refractivity contribution < 1.29 is 4.79 Å². The SMILES string of the molecule is CCN(CC)CCC(=O)C1CC2CCCC(C1)N2Cc1ccccc1. The molecule has 2 fully saturated rings. The van der Waals surface area contributed by atoms with E-state index in [0.29, 0.717) is 23.8 Å². The van der Waals surface area contributed by atoms with Crippen LogP contribution in [0, 0.1) is 5.92 Å². The summed E-state index contributed by atoms with van der Waals surface area (Å²) in [6.45, 7) is 8.44. The molecule has 2 saturated heterocycles. The fourth-order valence-electron chi connectivity index (χ4n) is 4.81. The fourth-order valence-corrected chi connectivity index (χ4v) is 4.81. The van der Waals surface area contributed by atoms with Crippen LogP contribution in [0.1, 0.15) is 57.9 Å². The van der Waals surface area contributed by atoms with E-state index in [-0.39, 0.29) is 0 Å². The summed E-state index contributed by atoms with van der Waals surface area (Å²) in [5.41, 5.74) is 1.41. The van der Waals surface area contributed by atoms with Gasteiger partial charge in [-0.15, -0.1) is 0 Å². The van der Waals surface area contributed by atoms with Gasteiger partial charge in [-0.1, -0.05) is 50.6 Å². The second-order valence-electron chi connectivity index (χ2n) is 7.81. The molecule has 0 amide bonds. The molecule has 1 aromatic rings. The van der Waals surface area contributed by atoms with Gasteiger partial charge in [0.2, 0.25) is 0 Å². The highest BCUT2D eigenvalue weighted by Crippen LogP contribution is 2.38. The highest BCUT2D eigenvalue weighted by atomic mass is 16.1. The van der Waals surface area contributed by atoms with Crippen molar-refractivity contribution in [2.24, 2.45) is 5.92 Å². The Morgan fingerprint density at radius 1 is 1.08 bits per heavy atom. The summed E-state index contributed by atoms with van der Waals surface area (Å²) in [6.07, 6.45) is 6.78. The molecule has 2 unspecified atom stereocenters. The smallest absolute Gasteiger partial charge is 0.137 e. The van der Waals surface area contributed by atoms with E-state index in [4.69, 9.17) is 0 Å². The first-order chi connectivity index (χ1) is 12.2. The van der Waals surface area contributed by atoms with Crippen LogP contribution >= 0.6 is 0 Å². The molecule has 2 atom stereocenters. The molecule has 0 saturated carbocycles. The minimum Gasteiger partial charge on any atom is -0.303 e. The summed E-state index contributed by atoms with van der Waals surface area (Å²) in [5, 5.41) is 0. The van der Waals surface area contributed by atoms with Gasteiger partial charge in [-0.2, -0.15) is 0 Å². The number of hydrogen-bond acceptors (Lipinski definition) is 3. The van der Waals surface area contributed by atoms with Gasteiger partial charge < -0.3 is 4.90 Å². The zero-order valence-corrected chi connectivity index (χ0v) is 16.0. The number of nitrogens with zero attached hydrogens (tertiary/aromatic N) is 2. The Labute approximate surface area is 153 Å². The maximum absolute atomic E-state index is 12.8. The molecule has 0 aliphatic carbocycles. The summed E-state index contributed by atoms with van der Waals surface area (Å²) >= 11 is 0. The van der Waals surface area contributed by atoms with Crippen molar-refractivity contribution in [2.75, 3.05) is 19.6 Å². The average Bonchev–Trinajstić information content (AvgIpc) is 2.63. The number of carbonyl (C=O) groups excluding carboxylic acids is 1. The number of Topliss-reactive ketones (excluding diaryl/α,β-unsaturated/α-hetero) is 1. The van der Waals surface area contributed by atoms with Gasteiger partial charge in [0.15, 0.2) is 0 Å². The molecule has 0 spiro atoms. The van der Waals surface area contributed by atoms with Gasteiger partial charge in [0.1, 0.15) is 5.78 Å². The largest absolute Gasteiger partial charge is 0.303 e. The Balaban J connectivity index is 1.58. The fraction of sp³-hybridized carbons (Fsp3) is 0.682. The first-order valence-corrected chi connectivity index (χ1v) is 10.3. The van der Waals surface area contributed by atoms with Crippen molar-refractivity contribution in [3.63, 3.8) is 0 Å². The zero-order chi connectivity index (χ0) is 17.6. The quantitative estimate of drug-likeness (QED) is 0.710. The Bertz CT molecular complexity index is 526. The van der Waals surface area contributed by atoms with E-state index in [1.807, 2.05) is 0 Å². The number of fused-ring (bicyclic) bond motifs is 2. The lowest BCUT2D eigenvalue weighted by Crippen LogP contribution is -2.52. The molecule has 1 aromatic carbocycles. The van der Waals surface area contributed by atoms with Crippen molar-refractivity contribution in [1.29, 1.82) is 0 Å². The topological polar surface area (TPSA) is 23.6 Å². The molecule has 2 aliphatic heterocycles. The van der Waals surface area contributed by atoms with Crippen molar-refractivity contribution in [1.82, 2.24) is 9.80 Å². The van der Waals surface area contributed by atoms with Gasteiger partial charge in [-0.3, -0.25) is 9.69 Å². The number of carbonyl (C=O) groups is 1. The summed E-state index contributed by atoms with van der Waals surface area (Å²) in [4.78, 5) is 17.9. The Morgan fingerprint density at radius 2 is 1.72 bits per heavy atom. The zero-order valence-electron chi connectivity index (χ0n) is 16.0. The Hall–Kier alpha value is -1.19. The van der Waals surface area contributed by atoms with E-state index >= 15 is 0 Å². The van der Waals surface area contributed by atoms with Crippen molar-refractivity contribution in [3.8, 4) is 0 Å². The van der Waals surface area contributed by atoms with E-state index in [1.54, 1.807) is 0 Å². The molecule has 2 heterocycles. The van der Waals surface area contributed by atoms with Crippen LogP contribution in [0.15, 0.2) is 30.3 Å². The van der Waals surface area contributed by atoms with Crippen LogP contribution in [0.25, 0.3) is 0 Å².